The Morgan fingerprint density at radius 2 is 1.84 bits per heavy atom. The maximum Gasteiger partial charge on any atom is 0.128 e. The van der Waals surface area contributed by atoms with Crippen LogP contribution in [0.5, 0.6) is 0 Å². The molecule has 1 N–H and O–H groups in total. The van der Waals surface area contributed by atoms with E-state index in [0.29, 0.717) is 0 Å². The fourth-order valence-electron chi connectivity index (χ4n) is 3.15. The minimum atomic E-state index is -0.127. The van der Waals surface area contributed by atoms with E-state index >= 15 is 0 Å². The lowest BCUT2D eigenvalue weighted by Crippen LogP contribution is -2.52. The van der Waals surface area contributed by atoms with E-state index < -0.39 is 0 Å². The van der Waals surface area contributed by atoms with Crippen molar-refractivity contribution in [2.24, 2.45) is 0 Å². The lowest BCUT2D eigenvalue weighted by atomic mass is 9.79. The molecule has 0 heterocycles. The van der Waals surface area contributed by atoms with E-state index in [9.17, 15) is 4.39 Å². The van der Waals surface area contributed by atoms with Crippen molar-refractivity contribution in [1.29, 1.82) is 0 Å². The minimum absolute atomic E-state index is 0.0163. The molecule has 1 unspecified atom stereocenters. The molecule has 0 aliphatic rings. The molecule has 0 spiro atoms. The molecule has 0 amide bonds. The van der Waals surface area contributed by atoms with E-state index in [2.05, 4.69) is 38.2 Å². The van der Waals surface area contributed by atoms with E-state index in [0.717, 1.165) is 24.0 Å². The second-order valence-corrected chi connectivity index (χ2v) is 5.45. The van der Waals surface area contributed by atoms with Crippen LogP contribution < -0.4 is 5.32 Å². The number of aryl methyl sites for hydroxylation is 1. The highest BCUT2D eigenvalue weighted by Crippen LogP contribution is 2.37. The van der Waals surface area contributed by atoms with Gasteiger partial charge in [-0.05, 0) is 47.0 Å². The van der Waals surface area contributed by atoms with Crippen molar-refractivity contribution in [3.8, 4) is 0 Å². The highest BCUT2D eigenvalue weighted by molar-refractivity contribution is 5.29. The summed E-state index contributed by atoms with van der Waals surface area (Å²) >= 11 is 0. The Hall–Kier alpha value is -0.930. The van der Waals surface area contributed by atoms with Crippen molar-refractivity contribution < 1.29 is 4.39 Å². The van der Waals surface area contributed by atoms with Gasteiger partial charge in [-0.2, -0.15) is 0 Å². The number of rotatable bonds is 6. The smallest absolute Gasteiger partial charge is 0.128 e. The van der Waals surface area contributed by atoms with Gasteiger partial charge in [0.15, 0.2) is 0 Å². The highest BCUT2D eigenvalue weighted by atomic mass is 19.1. The Bertz CT molecular complexity index is 411. The van der Waals surface area contributed by atoms with E-state index in [1.807, 2.05) is 26.1 Å². The Labute approximate surface area is 117 Å². The lowest BCUT2D eigenvalue weighted by Gasteiger charge is -2.45. The molecule has 3 heteroatoms. The van der Waals surface area contributed by atoms with Gasteiger partial charge in [-0.1, -0.05) is 31.5 Å². The number of benzene rings is 1. The molecule has 1 rings (SSSR count). The van der Waals surface area contributed by atoms with E-state index in [4.69, 9.17) is 0 Å². The van der Waals surface area contributed by atoms with Crippen molar-refractivity contribution in [3.63, 3.8) is 0 Å². The summed E-state index contributed by atoms with van der Waals surface area (Å²) in [6.45, 7) is 6.34. The van der Waals surface area contributed by atoms with Gasteiger partial charge in [-0.3, -0.25) is 0 Å². The Balaban J connectivity index is 3.35. The molecule has 0 aliphatic heterocycles. The van der Waals surface area contributed by atoms with Crippen LogP contribution in [0, 0.1) is 12.7 Å². The van der Waals surface area contributed by atoms with Crippen LogP contribution in [0.1, 0.15) is 43.9 Å². The highest BCUT2D eigenvalue weighted by Gasteiger charge is 2.39. The third-order valence-electron chi connectivity index (χ3n) is 4.40. The molecule has 0 aliphatic carbocycles. The van der Waals surface area contributed by atoms with Gasteiger partial charge in [0, 0.05) is 11.1 Å². The average molecular weight is 266 g/mol. The SMILES string of the molecule is CCC(CC)(C(NC)c1cc(C)ccc1F)N(C)C. The number of halogens is 1. The summed E-state index contributed by atoms with van der Waals surface area (Å²) in [6, 6.07) is 5.33. The van der Waals surface area contributed by atoms with Crippen LogP contribution >= 0.6 is 0 Å². The van der Waals surface area contributed by atoms with Gasteiger partial charge in [0.1, 0.15) is 5.82 Å². The second kappa shape index (κ2) is 6.49. The maximum absolute atomic E-state index is 14.2. The van der Waals surface area contributed by atoms with Crippen molar-refractivity contribution in [3.05, 3.63) is 35.1 Å². The quantitative estimate of drug-likeness (QED) is 0.847. The van der Waals surface area contributed by atoms with Crippen LogP contribution in [-0.2, 0) is 0 Å². The molecule has 1 aromatic rings. The zero-order valence-corrected chi connectivity index (χ0v) is 13.0. The van der Waals surface area contributed by atoms with Crippen molar-refractivity contribution >= 4 is 0 Å². The topological polar surface area (TPSA) is 15.3 Å². The summed E-state index contributed by atoms with van der Waals surface area (Å²) in [5, 5.41) is 3.33. The largest absolute Gasteiger partial charge is 0.311 e. The second-order valence-electron chi connectivity index (χ2n) is 5.45. The van der Waals surface area contributed by atoms with Gasteiger partial charge in [0.2, 0.25) is 0 Å². The van der Waals surface area contributed by atoms with E-state index in [1.54, 1.807) is 6.07 Å². The first-order chi connectivity index (χ1) is 8.92. The monoisotopic (exact) mass is 266 g/mol. The summed E-state index contributed by atoms with van der Waals surface area (Å²) in [5.74, 6) is -0.127. The molecule has 2 nitrogen and oxygen atoms in total. The summed E-state index contributed by atoms with van der Waals surface area (Å²) < 4.78 is 14.2. The molecule has 0 saturated carbocycles. The number of nitrogens with zero attached hydrogens (tertiary/aromatic N) is 1. The predicted molar refractivity (Wildman–Crippen MR) is 79.9 cm³/mol. The van der Waals surface area contributed by atoms with Gasteiger partial charge in [0.05, 0.1) is 6.04 Å². The lowest BCUT2D eigenvalue weighted by molar-refractivity contribution is 0.0901. The Kier molecular flexibility index (Phi) is 5.50. The van der Waals surface area contributed by atoms with Gasteiger partial charge in [-0.15, -0.1) is 0 Å². The molecule has 0 aromatic heterocycles. The van der Waals surface area contributed by atoms with Crippen LogP contribution in [0.25, 0.3) is 0 Å². The fourth-order valence-corrected chi connectivity index (χ4v) is 3.15. The molecular formula is C16H27FN2. The van der Waals surface area contributed by atoms with Crippen molar-refractivity contribution in [2.75, 3.05) is 21.1 Å². The maximum atomic E-state index is 14.2. The first kappa shape index (κ1) is 16.1. The van der Waals surface area contributed by atoms with Crippen molar-refractivity contribution in [2.45, 2.75) is 45.2 Å². The van der Waals surface area contributed by atoms with Crippen LogP contribution in [0.3, 0.4) is 0 Å². The van der Waals surface area contributed by atoms with Gasteiger partial charge in [-0.25, -0.2) is 4.39 Å². The predicted octanol–water partition coefficient (Wildman–Crippen LogP) is 3.52. The van der Waals surface area contributed by atoms with E-state index in [1.165, 1.54) is 0 Å². The zero-order valence-electron chi connectivity index (χ0n) is 13.0. The third-order valence-corrected chi connectivity index (χ3v) is 4.40. The summed E-state index contributed by atoms with van der Waals surface area (Å²) in [7, 11) is 6.06. The molecule has 1 aromatic carbocycles. The molecule has 0 saturated heterocycles. The molecular weight excluding hydrogens is 239 g/mol. The summed E-state index contributed by atoms with van der Waals surface area (Å²) in [6.07, 6.45) is 1.94. The first-order valence-corrected chi connectivity index (χ1v) is 7.03. The fraction of sp³-hybridized carbons (Fsp3) is 0.625. The molecule has 0 radical (unpaired) electrons. The van der Waals surface area contributed by atoms with Crippen molar-refractivity contribution in [1.82, 2.24) is 10.2 Å². The zero-order chi connectivity index (χ0) is 14.6. The van der Waals surface area contributed by atoms with Crippen LogP contribution in [0.4, 0.5) is 4.39 Å². The first-order valence-electron chi connectivity index (χ1n) is 7.03. The number of hydrogen-bond donors (Lipinski definition) is 1. The minimum Gasteiger partial charge on any atom is -0.311 e. The average Bonchev–Trinajstić information content (AvgIpc) is 2.39. The summed E-state index contributed by atoms with van der Waals surface area (Å²) in [5.41, 5.74) is 1.78. The van der Waals surface area contributed by atoms with Gasteiger partial charge in [0.25, 0.3) is 0 Å². The molecule has 1 atom stereocenters. The number of likely N-dealkylation sites (N-methyl/N-ethyl adjacent to an activating group) is 2. The number of nitrogens with one attached hydrogen (secondary N) is 1. The molecule has 19 heavy (non-hydrogen) atoms. The Morgan fingerprint density at radius 1 is 1.26 bits per heavy atom. The van der Waals surface area contributed by atoms with Crippen LogP contribution in [0.15, 0.2) is 18.2 Å². The summed E-state index contributed by atoms with van der Waals surface area (Å²) in [4.78, 5) is 2.22. The molecule has 0 bridgehead atoms. The number of hydrogen-bond acceptors (Lipinski definition) is 2. The third kappa shape index (κ3) is 2.98. The Morgan fingerprint density at radius 3 is 2.26 bits per heavy atom. The van der Waals surface area contributed by atoms with Gasteiger partial charge >= 0.3 is 0 Å². The standard InChI is InChI=1S/C16H27FN2/c1-7-16(8-2,19(5)6)15(18-4)13-11-12(3)9-10-14(13)17/h9-11,15,18H,7-8H2,1-6H3. The molecule has 0 fully saturated rings. The van der Waals surface area contributed by atoms with Crippen LogP contribution in [0.2, 0.25) is 0 Å². The van der Waals surface area contributed by atoms with E-state index in [-0.39, 0.29) is 17.4 Å². The van der Waals surface area contributed by atoms with Crippen LogP contribution in [-0.4, -0.2) is 31.6 Å². The normalized spacial score (nSPS) is 13.9. The molecule has 108 valence electrons. The van der Waals surface area contributed by atoms with Gasteiger partial charge < -0.3 is 10.2 Å².